The van der Waals surface area contributed by atoms with Crippen molar-refractivity contribution in [3.8, 4) is 5.75 Å². The Morgan fingerprint density at radius 1 is 1.00 bits per heavy atom. The third-order valence-corrected chi connectivity index (χ3v) is 5.62. The van der Waals surface area contributed by atoms with Crippen molar-refractivity contribution in [2.45, 2.75) is 6.92 Å². The van der Waals surface area contributed by atoms with E-state index in [1.54, 1.807) is 30.5 Å². The molecule has 0 saturated carbocycles. The molecule has 0 amide bonds. The van der Waals surface area contributed by atoms with E-state index in [1.165, 1.54) is 0 Å². The minimum Gasteiger partial charge on any atom is -0.508 e. The van der Waals surface area contributed by atoms with Crippen molar-refractivity contribution in [2.24, 2.45) is 10.1 Å². The van der Waals surface area contributed by atoms with Gasteiger partial charge >= 0.3 is 0 Å². The first-order chi connectivity index (χ1) is 15.0. The molecule has 0 atom stereocenters. The second kappa shape index (κ2) is 9.41. The number of rotatable bonds is 4. The number of hydrogen-bond acceptors (Lipinski definition) is 4. The molecule has 4 rings (SSSR count). The molecule has 0 aliphatic carbocycles. The van der Waals surface area contributed by atoms with E-state index in [0.717, 1.165) is 36.7 Å². The van der Waals surface area contributed by atoms with Crippen molar-refractivity contribution in [2.75, 3.05) is 0 Å². The van der Waals surface area contributed by atoms with E-state index < -0.39 is 0 Å². The van der Waals surface area contributed by atoms with Crippen LogP contribution in [0.2, 0.25) is 0 Å². The third-order valence-electron chi connectivity index (χ3n) is 4.56. The minimum atomic E-state index is 0.211. The number of halogens is 2. The van der Waals surface area contributed by atoms with E-state index in [4.69, 9.17) is 9.98 Å². The normalized spacial score (nSPS) is 11.9. The molecule has 7 heteroatoms. The predicted molar refractivity (Wildman–Crippen MR) is 133 cm³/mol. The quantitative estimate of drug-likeness (QED) is 0.178. The van der Waals surface area contributed by atoms with E-state index >= 15 is 0 Å². The van der Waals surface area contributed by atoms with Gasteiger partial charge in [0.1, 0.15) is 11.4 Å². The molecule has 0 radical (unpaired) electrons. The number of aromatic hydroxyl groups is 1. The van der Waals surface area contributed by atoms with E-state index in [-0.39, 0.29) is 5.75 Å². The van der Waals surface area contributed by atoms with Crippen LogP contribution in [0.3, 0.4) is 0 Å². The Kier molecular flexibility index (Phi) is 6.44. The lowest BCUT2D eigenvalue weighted by atomic mass is 10.2. The van der Waals surface area contributed by atoms with E-state index in [2.05, 4.69) is 42.4 Å². The number of hydrazone groups is 1. The summed E-state index contributed by atoms with van der Waals surface area (Å²) in [6, 6.07) is 22.6. The van der Waals surface area contributed by atoms with Gasteiger partial charge < -0.3 is 5.11 Å². The molecule has 4 aromatic rings. The molecule has 0 saturated heterocycles. The SMILES string of the molecule is Cc1cc(Br)cc(Br)c1N=C(NN=Cc1ccc(O)cc1)c1ccc2ccccc2n1. The molecular weight excluding hydrogens is 520 g/mol. The van der Waals surface area contributed by atoms with Gasteiger partial charge in [0.2, 0.25) is 0 Å². The maximum atomic E-state index is 9.45. The van der Waals surface area contributed by atoms with Crippen LogP contribution < -0.4 is 5.43 Å². The predicted octanol–water partition coefficient (Wildman–Crippen LogP) is 6.48. The maximum Gasteiger partial charge on any atom is 0.173 e. The Bertz CT molecular complexity index is 1280. The zero-order valence-corrected chi connectivity index (χ0v) is 19.7. The van der Waals surface area contributed by atoms with Gasteiger partial charge in [-0.1, -0.05) is 40.2 Å². The smallest absolute Gasteiger partial charge is 0.173 e. The molecule has 31 heavy (non-hydrogen) atoms. The highest BCUT2D eigenvalue weighted by Gasteiger charge is 2.10. The average Bonchev–Trinajstić information content (AvgIpc) is 2.76. The lowest BCUT2D eigenvalue weighted by Crippen LogP contribution is -2.20. The van der Waals surface area contributed by atoms with Crippen LogP contribution in [0.1, 0.15) is 16.8 Å². The molecule has 0 aliphatic heterocycles. The van der Waals surface area contributed by atoms with E-state index in [9.17, 15) is 5.11 Å². The Labute approximate surface area is 196 Å². The van der Waals surface area contributed by atoms with Gasteiger partial charge in [-0.3, -0.25) is 5.43 Å². The van der Waals surface area contributed by atoms with E-state index in [0.29, 0.717) is 11.5 Å². The number of nitrogens with one attached hydrogen (secondary N) is 1. The standard InChI is InChI=1S/C24H18Br2N4O/c1-15-12-18(25)13-20(26)23(15)29-24(30-27-14-16-6-9-19(31)10-7-16)22-11-8-17-4-2-3-5-21(17)28-22/h2-14,31H,1H3,(H,29,30). The first-order valence-corrected chi connectivity index (χ1v) is 11.1. The molecule has 0 unspecified atom stereocenters. The van der Waals surface area contributed by atoms with Gasteiger partial charge in [0, 0.05) is 14.3 Å². The van der Waals surface area contributed by atoms with Crippen LogP contribution in [-0.4, -0.2) is 22.1 Å². The van der Waals surface area contributed by atoms with Gasteiger partial charge in [0.25, 0.3) is 0 Å². The summed E-state index contributed by atoms with van der Waals surface area (Å²) < 4.78 is 1.83. The summed E-state index contributed by atoms with van der Waals surface area (Å²) in [4.78, 5) is 9.60. The Morgan fingerprint density at radius 2 is 1.77 bits per heavy atom. The molecule has 0 bridgehead atoms. The third kappa shape index (κ3) is 5.18. The highest BCUT2D eigenvalue weighted by molar-refractivity contribution is 9.11. The van der Waals surface area contributed by atoms with Crippen molar-refractivity contribution < 1.29 is 5.11 Å². The zero-order chi connectivity index (χ0) is 21.8. The van der Waals surface area contributed by atoms with Gasteiger partial charge in [0.05, 0.1) is 17.4 Å². The van der Waals surface area contributed by atoms with Gasteiger partial charge in [-0.25, -0.2) is 9.98 Å². The number of phenols is 1. The number of pyridine rings is 1. The van der Waals surface area contributed by atoms with Crippen molar-refractivity contribution in [3.63, 3.8) is 0 Å². The van der Waals surface area contributed by atoms with Crippen LogP contribution in [0, 0.1) is 6.92 Å². The van der Waals surface area contributed by atoms with Crippen molar-refractivity contribution >= 4 is 60.5 Å². The number of hydrogen-bond donors (Lipinski definition) is 2. The fraction of sp³-hybridized carbons (Fsp3) is 0.0417. The summed E-state index contributed by atoms with van der Waals surface area (Å²) in [5.41, 5.74) is 7.24. The Morgan fingerprint density at radius 3 is 2.55 bits per heavy atom. The highest BCUT2D eigenvalue weighted by Crippen LogP contribution is 2.33. The summed E-state index contributed by atoms with van der Waals surface area (Å²) >= 11 is 7.11. The fourth-order valence-electron chi connectivity index (χ4n) is 3.01. The number of aryl methyl sites for hydroxylation is 1. The molecule has 0 aliphatic rings. The second-order valence-electron chi connectivity index (χ2n) is 6.86. The number of benzene rings is 3. The molecule has 3 aromatic carbocycles. The molecule has 2 N–H and O–H groups in total. The number of amidine groups is 1. The number of fused-ring (bicyclic) bond motifs is 1. The number of aromatic nitrogens is 1. The topological polar surface area (TPSA) is 69.9 Å². The summed E-state index contributed by atoms with van der Waals surface area (Å²) in [7, 11) is 0. The summed E-state index contributed by atoms with van der Waals surface area (Å²) in [5, 5.41) is 14.8. The maximum absolute atomic E-state index is 9.45. The van der Waals surface area contributed by atoms with Crippen LogP contribution in [0.15, 0.2) is 91.8 Å². The summed E-state index contributed by atoms with van der Waals surface area (Å²) in [6.07, 6.45) is 1.67. The minimum absolute atomic E-state index is 0.211. The summed E-state index contributed by atoms with van der Waals surface area (Å²) in [6.45, 7) is 2.00. The molecule has 1 aromatic heterocycles. The number of phenolic OH excluding ortho intramolecular Hbond substituents is 1. The Balaban J connectivity index is 1.75. The van der Waals surface area contributed by atoms with Gasteiger partial charge in [-0.05, 0) is 82.5 Å². The lowest BCUT2D eigenvalue weighted by molar-refractivity contribution is 0.475. The molecule has 154 valence electrons. The van der Waals surface area contributed by atoms with Crippen molar-refractivity contribution in [3.05, 3.63) is 98.6 Å². The first kappa shape index (κ1) is 21.2. The first-order valence-electron chi connectivity index (χ1n) is 9.48. The van der Waals surface area contributed by atoms with Gasteiger partial charge in [-0.15, -0.1) is 0 Å². The average molecular weight is 538 g/mol. The number of nitrogens with zero attached hydrogens (tertiary/aromatic N) is 3. The Hall–Kier alpha value is -3.03. The van der Waals surface area contributed by atoms with Crippen LogP contribution in [0.25, 0.3) is 10.9 Å². The highest BCUT2D eigenvalue weighted by atomic mass is 79.9. The molecule has 5 nitrogen and oxygen atoms in total. The fourth-order valence-corrected chi connectivity index (χ4v) is 4.54. The van der Waals surface area contributed by atoms with Gasteiger partial charge in [-0.2, -0.15) is 5.10 Å². The van der Waals surface area contributed by atoms with Crippen molar-refractivity contribution in [1.29, 1.82) is 0 Å². The van der Waals surface area contributed by atoms with E-state index in [1.807, 2.05) is 55.5 Å². The zero-order valence-electron chi connectivity index (χ0n) is 16.6. The summed E-state index contributed by atoms with van der Waals surface area (Å²) in [5.74, 6) is 0.732. The van der Waals surface area contributed by atoms with Gasteiger partial charge in [0.15, 0.2) is 5.84 Å². The van der Waals surface area contributed by atoms with Crippen molar-refractivity contribution in [1.82, 2.24) is 10.4 Å². The lowest BCUT2D eigenvalue weighted by Gasteiger charge is -2.10. The van der Waals surface area contributed by atoms with Crippen LogP contribution >= 0.6 is 31.9 Å². The molecule has 1 heterocycles. The molecular formula is C24H18Br2N4O. The van der Waals surface area contributed by atoms with Crippen LogP contribution in [-0.2, 0) is 0 Å². The van der Waals surface area contributed by atoms with Crippen LogP contribution in [0.5, 0.6) is 5.75 Å². The number of aliphatic imine (C=N–C) groups is 1. The number of para-hydroxylation sites is 1. The largest absolute Gasteiger partial charge is 0.508 e. The molecule has 0 fully saturated rings. The second-order valence-corrected chi connectivity index (χ2v) is 8.63. The molecule has 0 spiro atoms. The monoisotopic (exact) mass is 536 g/mol. The van der Waals surface area contributed by atoms with Crippen LogP contribution in [0.4, 0.5) is 5.69 Å².